The van der Waals surface area contributed by atoms with Crippen LogP contribution >= 0.6 is 0 Å². The Bertz CT molecular complexity index is 399. The van der Waals surface area contributed by atoms with E-state index >= 15 is 0 Å². The molecule has 1 aromatic heterocycles. The molecule has 0 aliphatic rings. The average molecular weight is 250 g/mol. The van der Waals surface area contributed by atoms with E-state index < -0.39 is 0 Å². The summed E-state index contributed by atoms with van der Waals surface area (Å²) in [7, 11) is 2.08. The zero-order valence-electron chi connectivity index (χ0n) is 12.5. The number of nitrogens with two attached hydrogens (primary N) is 1. The molecule has 0 aliphatic heterocycles. The second-order valence-electron chi connectivity index (χ2n) is 5.64. The molecule has 0 bridgehead atoms. The molecule has 0 saturated carbocycles. The molecule has 0 amide bonds. The summed E-state index contributed by atoms with van der Waals surface area (Å²) in [6.45, 7) is 11.2. The largest absolute Gasteiger partial charge is 0.367 e. The zero-order chi connectivity index (χ0) is 13.9. The number of anilines is 1. The molecule has 0 saturated heterocycles. The van der Waals surface area contributed by atoms with Gasteiger partial charge in [-0.3, -0.25) is 0 Å². The third-order valence-corrected chi connectivity index (χ3v) is 3.71. The Labute approximate surface area is 111 Å². The normalized spacial score (nSPS) is 12.0. The summed E-state index contributed by atoms with van der Waals surface area (Å²) >= 11 is 0. The van der Waals surface area contributed by atoms with Gasteiger partial charge < -0.3 is 10.6 Å². The molecule has 0 spiro atoms. The van der Waals surface area contributed by atoms with Crippen LogP contribution in [0.4, 0.5) is 5.69 Å². The monoisotopic (exact) mass is 250 g/mol. The topological polar surface area (TPSA) is 55.0 Å². The van der Waals surface area contributed by atoms with E-state index in [0.717, 1.165) is 23.6 Å². The average Bonchev–Trinajstić information content (AvgIpc) is 2.36. The first-order valence-corrected chi connectivity index (χ1v) is 6.63. The van der Waals surface area contributed by atoms with Crippen LogP contribution in [0, 0.1) is 0 Å². The minimum Gasteiger partial charge on any atom is -0.367 e. The molecule has 4 nitrogen and oxygen atoms in total. The molecule has 2 N–H and O–H groups in total. The summed E-state index contributed by atoms with van der Waals surface area (Å²) in [5, 5.41) is 0. The molecule has 102 valence electrons. The Balaban J connectivity index is 3.17. The fourth-order valence-corrected chi connectivity index (χ4v) is 1.70. The van der Waals surface area contributed by atoms with E-state index in [0.29, 0.717) is 12.5 Å². The number of hydrogen-bond donors (Lipinski definition) is 1. The number of aromatic nitrogens is 2. The maximum absolute atomic E-state index is 5.83. The highest BCUT2D eigenvalue weighted by Gasteiger charge is 2.24. The second-order valence-corrected chi connectivity index (χ2v) is 5.64. The number of nitrogens with zero attached hydrogens (tertiary/aromatic N) is 3. The van der Waals surface area contributed by atoms with Gasteiger partial charge in [-0.1, -0.05) is 20.8 Å². The highest BCUT2D eigenvalue weighted by molar-refractivity contribution is 5.50. The molecule has 1 heterocycles. The molecule has 0 atom stereocenters. The Morgan fingerprint density at radius 3 is 2.44 bits per heavy atom. The van der Waals surface area contributed by atoms with Crippen LogP contribution in [0.3, 0.4) is 0 Å². The zero-order valence-corrected chi connectivity index (χ0v) is 12.5. The van der Waals surface area contributed by atoms with Crippen molar-refractivity contribution >= 4 is 5.69 Å². The Morgan fingerprint density at radius 2 is 2.00 bits per heavy atom. The van der Waals surface area contributed by atoms with Crippen LogP contribution in [-0.2, 0) is 6.54 Å². The van der Waals surface area contributed by atoms with Gasteiger partial charge in [-0.2, -0.15) is 0 Å². The second kappa shape index (κ2) is 5.65. The van der Waals surface area contributed by atoms with Crippen LogP contribution in [0.25, 0.3) is 0 Å². The molecule has 1 rings (SSSR count). The minimum absolute atomic E-state index is 0.0760. The molecule has 1 aromatic rings. The van der Waals surface area contributed by atoms with Crippen molar-refractivity contribution in [1.29, 1.82) is 0 Å². The molecule has 4 heteroatoms. The van der Waals surface area contributed by atoms with Gasteiger partial charge in [0.15, 0.2) is 0 Å². The van der Waals surface area contributed by atoms with Gasteiger partial charge >= 0.3 is 0 Å². The molecule has 0 radical (unpaired) electrons. The Kier molecular flexibility index (Phi) is 4.68. The summed E-state index contributed by atoms with van der Waals surface area (Å²) in [6, 6.07) is 0. The van der Waals surface area contributed by atoms with Gasteiger partial charge in [-0.05, 0) is 20.3 Å². The molecule has 0 unspecified atom stereocenters. The Morgan fingerprint density at radius 1 is 1.39 bits per heavy atom. The SMILES string of the molecule is CCC(C)(C)N(C)c1cnc(C(C)C)nc1CN. The van der Waals surface area contributed by atoms with Crippen molar-refractivity contribution in [2.45, 2.75) is 59.0 Å². The predicted octanol–water partition coefficient (Wildman–Crippen LogP) is 2.68. The molecular weight excluding hydrogens is 224 g/mol. The lowest BCUT2D eigenvalue weighted by Gasteiger charge is -2.37. The van der Waals surface area contributed by atoms with E-state index in [4.69, 9.17) is 5.73 Å². The minimum atomic E-state index is 0.0760. The summed E-state index contributed by atoms with van der Waals surface area (Å²) in [4.78, 5) is 11.3. The third kappa shape index (κ3) is 2.99. The maximum atomic E-state index is 5.83. The predicted molar refractivity (Wildman–Crippen MR) is 76.8 cm³/mol. The lowest BCUT2D eigenvalue weighted by Crippen LogP contribution is -2.41. The molecule has 0 aliphatic carbocycles. The van der Waals surface area contributed by atoms with E-state index in [9.17, 15) is 0 Å². The van der Waals surface area contributed by atoms with E-state index in [1.165, 1.54) is 0 Å². The first-order valence-electron chi connectivity index (χ1n) is 6.63. The van der Waals surface area contributed by atoms with E-state index in [-0.39, 0.29) is 5.54 Å². The van der Waals surface area contributed by atoms with Crippen molar-refractivity contribution in [2.75, 3.05) is 11.9 Å². The quantitative estimate of drug-likeness (QED) is 0.873. The lowest BCUT2D eigenvalue weighted by molar-refractivity contribution is 0.468. The van der Waals surface area contributed by atoms with Crippen molar-refractivity contribution in [3.8, 4) is 0 Å². The van der Waals surface area contributed by atoms with E-state index in [1.807, 2.05) is 6.20 Å². The number of rotatable bonds is 5. The summed E-state index contributed by atoms with van der Waals surface area (Å²) in [5.41, 5.74) is 7.87. The van der Waals surface area contributed by atoms with Crippen molar-refractivity contribution < 1.29 is 0 Å². The van der Waals surface area contributed by atoms with Crippen molar-refractivity contribution in [2.24, 2.45) is 5.73 Å². The van der Waals surface area contributed by atoms with Crippen LogP contribution in [0.5, 0.6) is 0 Å². The summed E-state index contributed by atoms with van der Waals surface area (Å²) in [6.07, 6.45) is 2.96. The van der Waals surface area contributed by atoms with Gasteiger partial charge in [0.25, 0.3) is 0 Å². The molecule has 0 fully saturated rings. The van der Waals surface area contributed by atoms with Crippen LogP contribution in [0.2, 0.25) is 0 Å². The van der Waals surface area contributed by atoms with Crippen LogP contribution < -0.4 is 10.6 Å². The van der Waals surface area contributed by atoms with E-state index in [1.54, 1.807) is 0 Å². The van der Waals surface area contributed by atoms with Gasteiger partial charge in [0.1, 0.15) is 5.82 Å². The van der Waals surface area contributed by atoms with E-state index in [2.05, 4.69) is 56.5 Å². The van der Waals surface area contributed by atoms with Crippen molar-refractivity contribution in [3.05, 3.63) is 17.7 Å². The van der Waals surface area contributed by atoms with Crippen LogP contribution in [-0.4, -0.2) is 22.6 Å². The van der Waals surface area contributed by atoms with Gasteiger partial charge in [0.2, 0.25) is 0 Å². The summed E-state index contributed by atoms with van der Waals surface area (Å²) < 4.78 is 0. The van der Waals surface area contributed by atoms with Crippen LogP contribution in [0.1, 0.15) is 58.5 Å². The third-order valence-electron chi connectivity index (χ3n) is 3.71. The molecular formula is C14H26N4. The number of hydrogen-bond acceptors (Lipinski definition) is 4. The van der Waals surface area contributed by atoms with Gasteiger partial charge in [-0.15, -0.1) is 0 Å². The van der Waals surface area contributed by atoms with Gasteiger partial charge in [0.05, 0.1) is 17.6 Å². The fraction of sp³-hybridized carbons (Fsp3) is 0.714. The Hall–Kier alpha value is -1.16. The molecule has 18 heavy (non-hydrogen) atoms. The van der Waals surface area contributed by atoms with Gasteiger partial charge in [0, 0.05) is 25.0 Å². The fourth-order valence-electron chi connectivity index (χ4n) is 1.70. The summed E-state index contributed by atoms with van der Waals surface area (Å²) in [5.74, 6) is 1.19. The first-order chi connectivity index (χ1) is 8.33. The first kappa shape index (κ1) is 14.9. The standard InChI is InChI=1S/C14H26N4/c1-7-14(4,5)18(6)12-9-16-13(10(2)3)17-11(12)8-15/h9-10H,7-8,15H2,1-6H3. The highest BCUT2D eigenvalue weighted by Crippen LogP contribution is 2.27. The smallest absolute Gasteiger partial charge is 0.131 e. The lowest BCUT2D eigenvalue weighted by atomic mass is 9.99. The maximum Gasteiger partial charge on any atom is 0.131 e. The molecule has 0 aromatic carbocycles. The highest BCUT2D eigenvalue weighted by atomic mass is 15.2. The van der Waals surface area contributed by atoms with Gasteiger partial charge in [-0.25, -0.2) is 9.97 Å². The van der Waals surface area contributed by atoms with Crippen LogP contribution in [0.15, 0.2) is 6.20 Å². The van der Waals surface area contributed by atoms with Crippen molar-refractivity contribution in [3.63, 3.8) is 0 Å². The van der Waals surface area contributed by atoms with Crippen molar-refractivity contribution in [1.82, 2.24) is 9.97 Å².